The molecule has 1 unspecified atom stereocenters. The Balaban J connectivity index is 1.96. The molecule has 1 N–H and O–H groups in total. The van der Waals surface area contributed by atoms with Gasteiger partial charge >= 0.3 is 0 Å². The molecule has 0 amide bonds. The predicted octanol–water partition coefficient (Wildman–Crippen LogP) is 3.96. The van der Waals surface area contributed by atoms with Gasteiger partial charge in [-0.25, -0.2) is 0 Å². The van der Waals surface area contributed by atoms with Gasteiger partial charge in [0.05, 0.1) is 0 Å². The summed E-state index contributed by atoms with van der Waals surface area (Å²) in [6.45, 7) is 3.30. The highest BCUT2D eigenvalue weighted by molar-refractivity contribution is 5.11. The number of likely N-dealkylation sites (N-methyl/N-ethyl adjacent to an activating group) is 1. The van der Waals surface area contributed by atoms with E-state index >= 15 is 0 Å². The van der Waals surface area contributed by atoms with Crippen LogP contribution >= 0.6 is 0 Å². The Morgan fingerprint density at radius 1 is 1.11 bits per heavy atom. The summed E-state index contributed by atoms with van der Waals surface area (Å²) in [4.78, 5) is 4.12. The molecular formula is C17H28N2. The molecule has 2 heteroatoms. The fourth-order valence-corrected chi connectivity index (χ4v) is 3.33. The quantitative estimate of drug-likeness (QED) is 0.866. The second kappa shape index (κ2) is 8.31. The van der Waals surface area contributed by atoms with Crippen molar-refractivity contribution in [2.45, 2.75) is 64.3 Å². The molecule has 1 fully saturated rings. The van der Waals surface area contributed by atoms with Crippen molar-refractivity contribution in [2.24, 2.45) is 5.92 Å². The van der Waals surface area contributed by atoms with Gasteiger partial charge in [0, 0.05) is 18.4 Å². The third kappa shape index (κ3) is 4.94. The first kappa shape index (κ1) is 14.5. The van der Waals surface area contributed by atoms with Gasteiger partial charge in [-0.1, -0.05) is 39.0 Å². The molecule has 0 spiro atoms. The normalized spacial score (nSPS) is 19.6. The van der Waals surface area contributed by atoms with Crippen LogP contribution in [-0.4, -0.2) is 17.6 Å². The van der Waals surface area contributed by atoms with Crippen molar-refractivity contribution < 1.29 is 0 Å². The van der Waals surface area contributed by atoms with Crippen LogP contribution in [0.4, 0.5) is 0 Å². The molecule has 0 saturated heterocycles. The van der Waals surface area contributed by atoms with E-state index in [-0.39, 0.29) is 0 Å². The average Bonchev–Trinajstić information content (AvgIpc) is 2.39. The highest BCUT2D eigenvalue weighted by Gasteiger charge is 2.21. The number of hydrogen-bond acceptors (Lipinski definition) is 2. The number of rotatable bonds is 5. The van der Waals surface area contributed by atoms with Crippen LogP contribution in [0.3, 0.4) is 0 Å². The Morgan fingerprint density at radius 3 is 2.37 bits per heavy atom. The summed E-state index contributed by atoms with van der Waals surface area (Å²) >= 11 is 0. The van der Waals surface area contributed by atoms with Gasteiger partial charge < -0.3 is 5.32 Å². The number of nitrogens with one attached hydrogen (secondary N) is 1. The largest absolute Gasteiger partial charge is 0.314 e. The molecule has 0 aliphatic heterocycles. The summed E-state index contributed by atoms with van der Waals surface area (Å²) < 4.78 is 0. The van der Waals surface area contributed by atoms with Crippen LogP contribution < -0.4 is 5.32 Å². The zero-order valence-corrected chi connectivity index (χ0v) is 12.3. The van der Waals surface area contributed by atoms with E-state index in [1.165, 1.54) is 50.5 Å². The molecule has 106 valence electrons. The third-order valence-electron chi connectivity index (χ3n) is 4.39. The van der Waals surface area contributed by atoms with Crippen molar-refractivity contribution >= 4 is 0 Å². The molecule has 1 heterocycles. The number of aromatic nitrogens is 1. The second-order valence-corrected chi connectivity index (χ2v) is 5.83. The van der Waals surface area contributed by atoms with Crippen molar-refractivity contribution in [3.05, 3.63) is 30.1 Å². The first-order valence-electron chi connectivity index (χ1n) is 8.02. The Hall–Kier alpha value is -0.890. The average molecular weight is 260 g/mol. The van der Waals surface area contributed by atoms with E-state index in [1.807, 2.05) is 12.4 Å². The van der Waals surface area contributed by atoms with Crippen molar-refractivity contribution in [1.29, 1.82) is 0 Å². The van der Waals surface area contributed by atoms with Gasteiger partial charge in [0.25, 0.3) is 0 Å². The molecule has 0 bridgehead atoms. The van der Waals surface area contributed by atoms with Gasteiger partial charge in [0.15, 0.2) is 0 Å². The van der Waals surface area contributed by atoms with Gasteiger partial charge in [-0.2, -0.15) is 0 Å². The Labute approximate surface area is 118 Å². The van der Waals surface area contributed by atoms with Crippen LogP contribution in [0.2, 0.25) is 0 Å². The maximum Gasteiger partial charge on any atom is 0.0270 e. The standard InChI is InChI=1S/C17H28N2/c1-2-19-17(14-15-10-12-18-13-11-15)16-8-6-4-3-5-7-9-16/h10-13,16-17,19H,2-9,14H2,1H3. The molecule has 0 radical (unpaired) electrons. The molecule has 1 aromatic rings. The van der Waals surface area contributed by atoms with Crippen molar-refractivity contribution in [3.8, 4) is 0 Å². The van der Waals surface area contributed by atoms with Crippen LogP contribution in [0.5, 0.6) is 0 Å². The second-order valence-electron chi connectivity index (χ2n) is 5.83. The Morgan fingerprint density at radius 2 is 1.74 bits per heavy atom. The summed E-state index contributed by atoms with van der Waals surface area (Å²) in [5.41, 5.74) is 1.42. The first-order valence-corrected chi connectivity index (χ1v) is 8.02. The predicted molar refractivity (Wildman–Crippen MR) is 81.2 cm³/mol. The molecular weight excluding hydrogens is 232 g/mol. The molecule has 1 aromatic heterocycles. The van der Waals surface area contributed by atoms with Crippen molar-refractivity contribution in [1.82, 2.24) is 10.3 Å². The molecule has 0 aromatic carbocycles. The smallest absolute Gasteiger partial charge is 0.0270 e. The van der Waals surface area contributed by atoms with E-state index in [0.29, 0.717) is 6.04 Å². The molecule has 19 heavy (non-hydrogen) atoms. The van der Waals surface area contributed by atoms with E-state index in [0.717, 1.165) is 18.9 Å². The molecule has 1 aliphatic carbocycles. The van der Waals surface area contributed by atoms with Gasteiger partial charge in [-0.05, 0) is 49.4 Å². The summed E-state index contributed by atoms with van der Waals surface area (Å²) in [6, 6.07) is 4.96. The van der Waals surface area contributed by atoms with Gasteiger partial charge in [0.2, 0.25) is 0 Å². The third-order valence-corrected chi connectivity index (χ3v) is 4.39. The molecule has 2 rings (SSSR count). The number of pyridine rings is 1. The zero-order chi connectivity index (χ0) is 13.3. The van der Waals surface area contributed by atoms with E-state index in [1.54, 1.807) is 0 Å². The summed E-state index contributed by atoms with van der Waals surface area (Å²) in [6.07, 6.45) is 14.9. The zero-order valence-electron chi connectivity index (χ0n) is 12.3. The van der Waals surface area contributed by atoms with E-state index in [9.17, 15) is 0 Å². The van der Waals surface area contributed by atoms with Gasteiger partial charge in [-0.3, -0.25) is 4.98 Å². The fraction of sp³-hybridized carbons (Fsp3) is 0.706. The Kier molecular flexibility index (Phi) is 6.35. The summed E-state index contributed by atoms with van der Waals surface area (Å²) in [7, 11) is 0. The minimum Gasteiger partial charge on any atom is -0.314 e. The first-order chi connectivity index (χ1) is 9.40. The van der Waals surface area contributed by atoms with Crippen LogP contribution in [0.1, 0.15) is 57.4 Å². The van der Waals surface area contributed by atoms with E-state index in [4.69, 9.17) is 0 Å². The van der Waals surface area contributed by atoms with Gasteiger partial charge in [0.1, 0.15) is 0 Å². The molecule has 2 nitrogen and oxygen atoms in total. The van der Waals surface area contributed by atoms with Crippen molar-refractivity contribution in [3.63, 3.8) is 0 Å². The van der Waals surface area contributed by atoms with E-state index < -0.39 is 0 Å². The fourth-order valence-electron chi connectivity index (χ4n) is 3.33. The molecule has 1 aliphatic rings. The maximum atomic E-state index is 4.12. The minimum absolute atomic E-state index is 0.644. The number of hydrogen-bond donors (Lipinski definition) is 1. The lowest BCUT2D eigenvalue weighted by molar-refractivity contribution is 0.286. The van der Waals surface area contributed by atoms with Crippen LogP contribution in [0, 0.1) is 5.92 Å². The topological polar surface area (TPSA) is 24.9 Å². The maximum absolute atomic E-state index is 4.12. The van der Waals surface area contributed by atoms with Crippen molar-refractivity contribution in [2.75, 3.05) is 6.54 Å². The summed E-state index contributed by atoms with van der Waals surface area (Å²) in [5, 5.41) is 3.73. The van der Waals surface area contributed by atoms with E-state index in [2.05, 4.69) is 29.4 Å². The lowest BCUT2D eigenvalue weighted by Gasteiger charge is -2.29. The monoisotopic (exact) mass is 260 g/mol. The Bertz CT molecular complexity index is 328. The highest BCUT2D eigenvalue weighted by Crippen LogP contribution is 2.26. The van der Waals surface area contributed by atoms with Crippen LogP contribution in [0.25, 0.3) is 0 Å². The number of nitrogens with zero attached hydrogens (tertiary/aromatic N) is 1. The molecule has 1 atom stereocenters. The highest BCUT2D eigenvalue weighted by atomic mass is 14.9. The molecule has 1 saturated carbocycles. The summed E-state index contributed by atoms with van der Waals surface area (Å²) in [5.74, 6) is 0.855. The SMILES string of the molecule is CCNC(Cc1ccncc1)C1CCCCCCC1. The van der Waals surface area contributed by atoms with Crippen LogP contribution in [-0.2, 0) is 6.42 Å². The van der Waals surface area contributed by atoms with Gasteiger partial charge in [-0.15, -0.1) is 0 Å². The lowest BCUT2D eigenvalue weighted by atomic mass is 9.83. The lowest BCUT2D eigenvalue weighted by Crippen LogP contribution is -2.38. The van der Waals surface area contributed by atoms with Crippen LogP contribution in [0.15, 0.2) is 24.5 Å². The minimum atomic E-state index is 0.644.